The third-order valence-corrected chi connectivity index (χ3v) is 6.94. The lowest BCUT2D eigenvalue weighted by Gasteiger charge is -2.35. The number of aryl methyl sites for hydroxylation is 1. The lowest BCUT2D eigenvalue weighted by atomic mass is 9.95. The number of aromatic nitrogens is 3. The fraction of sp³-hybridized carbons (Fsp3) is 0.310. The van der Waals surface area contributed by atoms with E-state index in [1.54, 1.807) is 22.9 Å². The molecule has 0 unspecified atom stereocenters. The van der Waals surface area contributed by atoms with Crippen LogP contribution in [0.1, 0.15) is 44.4 Å². The summed E-state index contributed by atoms with van der Waals surface area (Å²) in [5, 5.41) is 11.6. The number of hydrogen-bond donors (Lipinski definition) is 1. The summed E-state index contributed by atoms with van der Waals surface area (Å²) in [5.74, 6) is 0.509. The number of hydrogen-bond acceptors (Lipinski definition) is 6. The Bertz CT molecular complexity index is 1500. The predicted octanol–water partition coefficient (Wildman–Crippen LogP) is 4.55. The Morgan fingerprint density at radius 1 is 1.05 bits per heavy atom. The van der Waals surface area contributed by atoms with Crippen molar-refractivity contribution in [2.75, 3.05) is 11.7 Å². The summed E-state index contributed by atoms with van der Waals surface area (Å²) < 4.78 is 12.7. The van der Waals surface area contributed by atoms with Crippen molar-refractivity contribution in [3.8, 4) is 11.5 Å². The number of fused-ring (bicyclic) bond motifs is 2. The van der Waals surface area contributed by atoms with Crippen molar-refractivity contribution in [2.24, 2.45) is 0 Å². The second kappa shape index (κ2) is 10.2. The van der Waals surface area contributed by atoms with Gasteiger partial charge < -0.3 is 14.8 Å². The molecule has 0 aliphatic carbocycles. The Hall–Kier alpha value is -4.40. The number of carbonyl (C=O) groups excluding carboxylic acids is 2. The molecule has 0 radical (unpaired) electrons. The Labute approximate surface area is 221 Å². The first-order valence-electron chi connectivity index (χ1n) is 12.6. The quantitative estimate of drug-likeness (QED) is 0.371. The molecule has 0 spiro atoms. The average Bonchev–Trinajstić information content (AvgIpc) is 3.54. The molecule has 2 heterocycles. The molecule has 0 saturated heterocycles. The third kappa shape index (κ3) is 4.91. The van der Waals surface area contributed by atoms with E-state index in [0.717, 1.165) is 23.1 Å². The first-order chi connectivity index (χ1) is 18.3. The number of amides is 2. The van der Waals surface area contributed by atoms with Gasteiger partial charge >= 0.3 is 0 Å². The van der Waals surface area contributed by atoms with Crippen LogP contribution in [0.4, 0.5) is 5.69 Å². The van der Waals surface area contributed by atoms with E-state index in [1.165, 1.54) is 4.90 Å². The minimum Gasteiger partial charge on any atom is -0.454 e. The van der Waals surface area contributed by atoms with E-state index >= 15 is 0 Å². The van der Waals surface area contributed by atoms with E-state index in [1.807, 2.05) is 76.2 Å². The molecule has 4 aromatic rings. The average molecular weight is 514 g/mol. The molecule has 1 aliphatic heterocycles. The molecule has 2 amide bonds. The maximum absolute atomic E-state index is 14.2. The van der Waals surface area contributed by atoms with Gasteiger partial charge in [-0.05, 0) is 62.6 Å². The minimum atomic E-state index is -0.940. The van der Waals surface area contributed by atoms with Crippen molar-refractivity contribution in [3.63, 3.8) is 0 Å². The number of carbonyl (C=O) groups is 2. The standard InChI is InChI=1S/C29H31N5O4/c1-5-29(3,4)30-28(36)27(21-11-7-6-10-19(21)2)34(20-14-15-24-25(16-20)38-18-37-24)26(35)17-33-23-13-9-8-12-22(23)31-32-33/h6-16,27H,5,17-18H2,1-4H3,(H,30,36)/t27-/m0/s1. The van der Waals surface area contributed by atoms with Crippen LogP contribution in [0.25, 0.3) is 11.0 Å². The van der Waals surface area contributed by atoms with Gasteiger partial charge in [-0.15, -0.1) is 5.10 Å². The van der Waals surface area contributed by atoms with Crippen molar-refractivity contribution in [1.82, 2.24) is 20.3 Å². The van der Waals surface area contributed by atoms with Crippen LogP contribution in [0.15, 0.2) is 66.7 Å². The molecule has 5 rings (SSSR count). The summed E-state index contributed by atoms with van der Waals surface area (Å²) in [6.07, 6.45) is 0.724. The first-order valence-corrected chi connectivity index (χ1v) is 12.6. The van der Waals surface area contributed by atoms with E-state index < -0.39 is 11.6 Å². The summed E-state index contributed by atoms with van der Waals surface area (Å²) in [7, 11) is 0. The van der Waals surface area contributed by atoms with Gasteiger partial charge in [-0.3, -0.25) is 14.5 Å². The summed E-state index contributed by atoms with van der Waals surface area (Å²) >= 11 is 0. The Morgan fingerprint density at radius 2 is 1.79 bits per heavy atom. The topological polar surface area (TPSA) is 98.6 Å². The van der Waals surface area contributed by atoms with Crippen LogP contribution >= 0.6 is 0 Å². The summed E-state index contributed by atoms with van der Waals surface area (Å²) in [5.41, 5.74) is 3.09. The predicted molar refractivity (Wildman–Crippen MR) is 144 cm³/mol. The Morgan fingerprint density at radius 3 is 2.58 bits per heavy atom. The van der Waals surface area contributed by atoms with Gasteiger partial charge in [0.25, 0.3) is 0 Å². The van der Waals surface area contributed by atoms with Crippen LogP contribution in [0.3, 0.4) is 0 Å². The zero-order valence-electron chi connectivity index (χ0n) is 22.0. The number of nitrogens with one attached hydrogen (secondary N) is 1. The molecule has 0 fully saturated rings. The largest absolute Gasteiger partial charge is 0.454 e. The molecule has 1 aliphatic rings. The van der Waals surface area contributed by atoms with Crippen LogP contribution in [-0.2, 0) is 16.1 Å². The summed E-state index contributed by atoms with van der Waals surface area (Å²) in [6, 6.07) is 19.4. The van der Waals surface area contributed by atoms with Gasteiger partial charge in [-0.25, -0.2) is 4.68 Å². The van der Waals surface area contributed by atoms with Crippen LogP contribution < -0.4 is 19.7 Å². The van der Waals surface area contributed by atoms with E-state index in [9.17, 15) is 9.59 Å². The van der Waals surface area contributed by atoms with Crippen LogP contribution in [0, 0.1) is 6.92 Å². The first kappa shape index (κ1) is 25.3. The van der Waals surface area contributed by atoms with Gasteiger partial charge in [0.15, 0.2) is 11.5 Å². The maximum atomic E-state index is 14.2. The van der Waals surface area contributed by atoms with Gasteiger partial charge in [0.2, 0.25) is 18.6 Å². The zero-order valence-corrected chi connectivity index (χ0v) is 22.0. The smallest absolute Gasteiger partial charge is 0.249 e. The SMILES string of the molecule is CCC(C)(C)NC(=O)[C@H](c1ccccc1C)N(C(=O)Cn1nnc2ccccc21)c1ccc2c(c1)OCO2. The summed E-state index contributed by atoms with van der Waals surface area (Å²) in [4.78, 5) is 29.8. The number of nitrogens with zero attached hydrogens (tertiary/aromatic N) is 4. The van der Waals surface area contributed by atoms with E-state index in [2.05, 4.69) is 15.6 Å². The van der Waals surface area contributed by atoms with Crippen molar-refractivity contribution in [1.29, 1.82) is 0 Å². The molecule has 1 atom stereocenters. The highest BCUT2D eigenvalue weighted by Gasteiger charge is 2.36. The Balaban J connectivity index is 1.63. The van der Waals surface area contributed by atoms with Crippen LogP contribution in [0.5, 0.6) is 11.5 Å². The third-order valence-electron chi connectivity index (χ3n) is 6.94. The molecule has 196 valence electrons. The van der Waals surface area contributed by atoms with E-state index in [4.69, 9.17) is 9.47 Å². The number of anilines is 1. The molecule has 0 bridgehead atoms. The lowest BCUT2D eigenvalue weighted by molar-refractivity contribution is -0.128. The molecule has 9 nitrogen and oxygen atoms in total. The molecule has 1 aromatic heterocycles. The van der Waals surface area contributed by atoms with Gasteiger partial charge in [-0.1, -0.05) is 48.5 Å². The van der Waals surface area contributed by atoms with E-state index in [-0.39, 0.29) is 25.2 Å². The fourth-order valence-electron chi connectivity index (χ4n) is 4.49. The monoisotopic (exact) mass is 513 g/mol. The molecule has 1 N–H and O–H groups in total. The molecular formula is C29H31N5O4. The second-order valence-electron chi connectivity index (χ2n) is 10.0. The van der Waals surface area contributed by atoms with Gasteiger partial charge in [0.1, 0.15) is 18.1 Å². The van der Waals surface area contributed by atoms with E-state index in [0.29, 0.717) is 22.7 Å². The highest BCUT2D eigenvalue weighted by molar-refractivity contribution is 6.02. The lowest BCUT2D eigenvalue weighted by Crippen LogP contribution is -2.51. The normalized spacial score (nSPS) is 13.4. The molecule has 3 aromatic carbocycles. The van der Waals surface area contributed by atoms with Crippen molar-refractivity contribution in [3.05, 3.63) is 77.9 Å². The van der Waals surface area contributed by atoms with Gasteiger partial charge in [0.05, 0.1) is 5.52 Å². The fourth-order valence-corrected chi connectivity index (χ4v) is 4.49. The number of ether oxygens (including phenoxy) is 2. The number of rotatable bonds is 8. The number of para-hydroxylation sites is 1. The zero-order chi connectivity index (χ0) is 26.9. The highest BCUT2D eigenvalue weighted by Crippen LogP contribution is 2.39. The van der Waals surface area contributed by atoms with Gasteiger partial charge in [0, 0.05) is 17.3 Å². The maximum Gasteiger partial charge on any atom is 0.249 e. The Kier molecular flexibility index (Phi) is 6.75. The minimum absolute atomic E-state index is 0.101. The molecule has 38 heavy (non-hydrogen) atoms. The van der Waals surface area contributed by atoms with Crippen molar-refractivity contribution < 1.29 is 19.1 Å². The van der Waals surface area contributed by atoms with Crippen molar-refractivity contribution >= 4 is 28.5 Å². The van der Waals surface area contributed by atoms with Crippen LogP contribution in [-0.4, -0.2) is 39.1 Å². The highest BCUT2D eigenvalue weighted by atomic mass is 16.7. The second-order valence-corrected chi connectivity index (χ2v) is 10.0. The number of benzene rings is 3. The van der Waals surface area contributed by atoms with Crippen molar-refractivity contribution in [2.45, 2.75) is 52.2 Å². The molecular weight excluding hydrogens is 482 g/mol. The van der Waals surface area contributed by atoms with Gasteiger partial charge in [-0.2, -0.15) is 0 Å². The molecule has 0 saturated carbocycles. The summed E-state index contributed by atoms with van der Waals surface area (Å²) in [6.45, 7) is 7.88. The molecule has 9 heteroatoms. The van der Waals surface area contributed by atoms with Crippen LogP contribution in [0.2, 0.25) is 0 Å².